The lowest BCUT2D eigenvalue weighted by Crippen LogP contribution is -2.40. The van der Waals surface area contributed by atoms with E-state index in [4.69, 9.17) is 16.3 Å². The number of aromatic amines is 1. The second kappa shape index (κ2) is 8.22. The molecular formula is C20H25ClN4O3. The summed E-state index contributed by atoms with van der Waals surface area (Å²) in [6.07, 6.45) is 1.22. The van der Waals surface area contributed by atoms with Gasteiger partial charge in [-0.2, -0.15) is 5.10 Å². The number of ether oxygens (including phenoxy) is 1. The van der Waals surface area contributed by atoms with Gasteiger partial charge >= 0.3 is 6.09 Å². The molecule has 0 saturated carbocycles. The van der Waals surface area contributed by atoms with Crippen LogP contribution in [0.4, 0.5) is 10.6 Å². The van der Waals surface area contributed by atoms with E-state index in [1.807, 2.05) is 45.0 Å². The normalized spacial score (nSPS) is 13.8. The van der Waals surface area contributed by atoms with E-state index < -0.39 is 5.60 Å². The predicted molar refractivity (Wildman–Crippen MR) is 107 cm³/mol. The number of H-pyrrole nitrogens is 1. The maximum Gasteiger partial charge on any atom is 0.410 e. The number of anilines is 1. The van der Waals surface area contributed by atoms with Gasteiger partial charge in [0.1, 0.15) is 5.60 Å². The highest BCUT2D eigenvalue weighted by Gasteiger charge is 2.29. The second-order valence-electron chi connectivity index (χ2n) is 7.86. The van der Waals surface area contributed by atoms with Gasteiger partial charge in [-0.1, -0.05) is 23.7 Å². The first-order valence-corrected chi connectivity index (χ1v) is 9.67. The Bertz CT molecular complexity index is 855. The summed E-state index contributed by atoms with van der Waals surface area (Å²) in [5, 5.41) is 10.7. The molecule has 28 heavy (non-hydrogen) atoms. The van der Waals surface area contributed by atoms with Crippen LogP contribution in [0.1, 0.15) is 44.0 Å². The van der Waals surface area contributed by atoms with Crippen LogP contribution in [0.5, 0.6) is 0 Å². The maximum absolute atomic E-state index is 12.3. The first-order chi connectivity index (χ1) is 13.2. The van der Waals surface area contributed by atoms with Crippen LogP contribution in [0.25, 0.3) is 0 Å². The number of carbonyl (C=O) groups excluding carboxylic acids is 2. The quantitative estimate of drug-likeness (QED) is 0.808. The highest BCUT2D eigenvalue weighted by molar-refractivity contribution is 6.30. The topological polar surface area (TPSA) is 87.3 Å². The molecule has 2 heterocycles. The van der Waals surface area contributed by atoms with Gasteiger partial charge in [-0.3, -0.25) is 9.89 Å². The summed E-state index contributed by atoms with van der Waals surface area (Å²) in [5.74, 6) is 0.350. The Kier molecular flexibility index (Phi) is 5.93. The molecule has 0 unspecified atom stereocenters. The van der Waals surface area contributed by atoms with Gasteiger partial charge in [-0.05, 0) is 44.9 Å². The molecule has 1 aromatic carbocycles. The molecule has 1 aliphatic heterocycles. The molecule has 2 aromatic rings. The van der Waals surface area contributed by atoms with Crippen LogP contribution < -0.4 is 5.32 Å². The van der Waals surface area contributed by atoms with Crippen molar-refractivity contribution in [3.05, 3.63) is 46.1 Å². The number of rotatable bonds is 4. The summed E-state index contributed by atoms with van der Waals surface area (Å²) < 4.78 is 5.45. The largest absolute Gasteiger partial charge is 0.444 e. The van der Waals surface area contributed by atoms with E-state index in [2.05, 4.69) is 15.5 Å². The van der Waals surface area contributed by atoms with Crippen molar-refractivity contribution in [1.29, 1.82) is 0 Å². The van der Waals surface area contributed by atoms with Crippen LogP contribution in [0.15, 0.2) is 24.3 Å². The highest BCUT2D eigenvalue weighted by atomic mass is 35.5. The lowest BCUT2D eigenvalue weighted by Gasteiger charge is -2.30. The minimum Gasteiger partial charge on any atom is -0.444 e. The fourth-order valence-electron chi connectivity index (χ4n) is 2.98. The van der Waals surface area contributed by atoms with Crippen LogP contribution in [-0.4, -0.2) is 39.2 Å². The van der Waals surface area contributed by atoms with Gasteiger partial charge in [-0.25, -0.2) is 4.79 Å². The number of aryl methyl sites for hydroxylation is 1. The molecule has 2 N–H and O–H groups in total. The number of fused-ring (bicyclic) bond motifs is 1. The number of carbonyl (C=O) groups is 2. The molecule has 0 aliphatic carbocycles. The molecular weight excluding hydrogens is 380 g/mol. The van der Waals surface area contributed by atoms with Crippen molar-refractivity contribution in [2.75, 3.05) is 11.9 Å². The molecule has 1 aromatic heterocycles. The molecule has 0 fully saturated rings. The molecule has 0 spiro atoms. The summed E-state index contributed by atoms with van der Waals surface area (Å²) >= 11 is 5.88. The van der Waals surface area contributed by atoms with Crippen molar-refractivity contribution in [2.45, 2.75) is 52.2 Å². The summed E-state index contributed by atoms with van der Waals surface area (Å²) in [7, 11) is 0. The first kappa shape index (κ1) is 20.2. The Morgan fingerprint density at radius 2 is 2.00 bits per heavy atom. The zero-order valence-electron chi connectivity index (χ0n) is 16.3. The first-order valence-electron chi connectivity index (χ1n) is 9.29. The summed E-state index contributed by atoms with van der Waals surface area (Å²) in [6.45, 7) is 6.42. The van der Waals surface area contributed by atoms with Gasteiger partial charge in [0, 0.05) is 35.7 Å². The average Bonchev–Trinajstić information content (AvgIpc) is 3.02. The standard InChI is InChI=1S/C20H25ClN4O3/c1-20(2,3)28-19(27)25-11-10-16-15(12-25)18(24-23-16)22-17(26)9-6-13-4-7-14(21)8-5-13/h4-5,7-8H,6,9-12H2,1-3H3,(H2,22,23,24,26). The van der Waals surface area contributed by atoms with Gasteiger partial charge in [0.2, 0.25) is 5.91 Å². The minimum atomic E-state index is -0.549. The van der Waals surface area contributed by atoms with Gasteiger partial charge in [-0.15, -0.1) is 0 Å². The highest BCUT2D eigenvalue weighted by Crippen LogP contribution is 2.25. The average molecular weight is 405 g/mol. The van der Waals surface area contributed by atoms with E-state index in [1.54, 1.807) is 4.90 Å². The van der Waals surface area contributed by atoms with E-state index in [-0.39, 0.29) is 12.0 Å². The predicted octanol–water partition coefficient (Wildman–Crippen LogP) is 3.93. The maximum atomic E-state index is 12.3. The van der Waals surface area contributed by atoms with Crippen LogP contribution >= 0.6 is 11.6 Å². The summed E-state index contributed by atoms with van der Waals surface area (Å²) in [5.41, 5.74) is 2.26. The Labute approximate surface area is 169 Å². The Hall–Kier alpha value is -2.54. The molecule has 0 atom stereocenters. The molecule has 150 valence electrons. The fraction of sp³-hybridized carbons (Fsp3) is 0.450. The van der Waals surface area contributed by atoms with Crippen molar-refractivity contribution < 1.29 is 14.3 Å². The number of benzene rings is 1. The van der Waals surface area contributed by atoms with Gasteiger partial charge in [0.25, 0.3) is 0 Å². The van der Waals surface area contributed by atoms with Crippen molar-refractivity contribution in [3.63, 3.8) is 0 Å². The Morgan fingerprint density at radius 1 is 1.29 bits per heavy atom. The van der Waals surface area contributed by atoms with E-state index in [1.165, 1.54) is 0 Å². The van der Waals surface area contributed by atoms with Gasteiger partial charge in [0.05, 0.1) is 6.54 Å². The van der Waals surface area contributed by atoms with Crippen molar-refractivity contribution in [2.24, 2.45) is 0 Å². The SMILES string of the molecule is CC(C)(C)OC(=O)N1CCc2[nH]nc(NC(=O)CCc3ccc(Cl)cc3)c2C1. The van der Waals surface area contributed by atoms with Crippen LogP contribution in [0, 0.1) is 0 Å². The minimum absolute atomic E-state index is 0.126. The molecule has 0 radical (unpaired) electrons. The zero-order valence-corrected chi connectivity index (χ0v) is 17.1. The van der Waals surface area contributed by atoms with E-state index >= 15 is 0 Å². The number of aromatic nitrogens is 2. The fourth-order valence-corrected chi connectivity index (χ4v) is 3.11. The number of hydrogen-bond donors (Lipinski definition) is 2. The zero-order chi connectivity index (χ0) is 20.3. The van der Waals surface area contributed by atoms with E-state index in [9.17, 15) is 9.59 Å². The Balaban J connectivity index is 1.59. The smallest absolute Gasteiger partial charge is 0.410 e. The third-order valence-electron chi connectivity index (χ3n) is 4.40. The lowest BCUT2D eigenvalue weighted by atomic mass is 10.1. The molecule has 7 nitrogen and oxygen atoms in total. The molecule has 0 bridgehead atoms. The molecule has 3 rings (SSSR count). The van der Waals surface area contributed by atoms with Crippen LogP contribution in [0.2, 0.25) is 5.02 Å². The molecule has 2 amide bonds. The van der Waals surface area contributed by atoms with E-state index in [0.29, 0.717) is 43.2 Å². The van der Waals surface area contributed by atoms with E-state index in [0.717, 1.165) is 16.8 Å². The van der Waals surface area contributed by atoms with Crippen LogP contribution in [-0.2, 0) is 28.9 Å². The number of halogens is 1. The Morgan fingerprint density at radius 3 is 2.68 bits per heavy atom. The van der Waals surface area contributed by atoms with Crippen LogP contribution in [0.3, 0.4) is 0 Å². The number of hydrogen-bond acceptors (Lipinski definition) is 4. The number of nitrogens with one attached hydrogen (secondary N) is 2. The van der Waals surface area contributed by atoms with Crippen molar-refractivity contribution in [3.8, 4) is 0 Å². The lowest BCUT2D eigenvalue weighted by molar-refractivity contribution is -0.116. The third-order valence-corrected chi connectivity index (χ3v) is 4.65. The summed E-state index contributed by atoms with van der Waals surface area (Å²) in [4.78, 5) is 26.3. The molecule has 0 saturated heterocycles. The second-order valence-corrected chi connectivity index (χ2v) is 8.29. The number of nitrogens with zero attached hydrogens (tertiary/aromatic N) is 2. The summed E-state index contributed by atoms with van der Waals surface area (Å²) in [6, 6.07) is 7.43. The van der Waals surface area contributed by atoms with Gasteiger partial charge < -0.3 is 15.0 Å². The monoisotopic (exact) mass is 404 g/mol. The van der Waals surface area contributed by atoms with Gasteiger partial charge in [0.15, 0.2) is 5.82 Å². The molecule has 8 heteroatoms. The number of amides is 2. The third kappa shape index (κ3) is 5.25. The van der Waals surface area contributed by atoms with Crippen molar-refractivity contribution >= 4 is 29.4 Å². The van der Waals surface area contributed by atoms with Crippen molar-refractivity contribution in [1.82, 2.24) is 15.1 Å². The molecule has 1 aliphatic rings.